The van der Waals surface area contributed by atoms with Crippen LogP contribution in [0.25, 0.3) is 0 Å². The second kappa shape index (κ2) is 3.63. The molecule has 1 heterocycles. The molecule has 0 aromatic carbocycles. The van der Waals surface area contributed by atoms with E-state index in [0.29, 0.717) is 21.5 Å². The number of rotatable bonds is 0. The van der Waals surface area contributed by atoms with E-state index in [-0.39, 0.29) is 0 Å². The summed E-state index contributed by atoms with van der Waals surface area (Å²) in [6.07, 6.45) is 0. The van der Waals surface area contributed by atoms with Crippen LogP contribution in [-0.4, -0.2) is 36.0 Å². The third-order valence-corrected chi connectivity index (χ3v) is 3.34. The number of halogens is 1. The van der Waals surface area contributed by atoms with Crippen LogP contribution >= 0.6 is 0 Å². The minimum absolute atomic E-state index is 0.368. The van der Waals surface area contributed by atoms with Gasteiger partial charge in [0.05, 0.1) is 0 Å². The van der Waals surface area contributed by atoms with Gasteiger partial charge in [0.25, 0.3) is 0 Å². The molecule has 8 heavy (non-hydrogen) atoms. The van der Waals surface area contributed by atoms with Crippen LogP contribution in [0.5, 0.6) is 0 Å². The summed E-state index contributed by atoms with van der Waals surface area (Å²) in [5.41, 5.74) is 0. The van der Waals surface area contributed by atoms with Gasteiger partial charge in [-0.2, -0.15) is 0 Å². The van der Waals surface area contributed by atoms with E-state index in [1.807, 2.05) is 0 Å². The summed E-state index contributed by atoms with van der Waals surface area (Å²) in [5, 5.41) is 0. The van der Waals surface area contributed by atoms with Crippen molar-refractivity contribution in [2.75, 3.05) is 31.1 Å². The van der Waals surface area contributed by atoms with Gasteiger partial charge in [0.15, 0.2) is 0 Å². The maximum absolute atomic E-state index is 3.45. The van der Waals surface area contributed by atoms with Gasteiger partial charge in [0.1, 0.15) is 0 Å². The summed E-state index contributed by atoms with van der Waals surface area (Å²) in [7, 11) is 2.19. The van der Waals surface area contributed by atoms with Crippen molar-refractivity contribution >= 4 is 0 Å². The molecule has 1 fully saturated rings. The standard InChI is InChI=1S/C5H12IN2/c1-8-4-2-6-7-3-5-8/h7H,2-5H2,1H3/q-1. The Bertz CT molecular complexity index is 59.4. The fourth-order valence-corrected chi connectivity index (χ4v) is 2.73. The Morgan fingerprint density at radius 1 is 1.50 bits per heavy atom. The molecule has 0 aromatic heterocycles. The van der Waals surface area contributed by atoms with Crippen LogP contribution in [0.4, 0.5) is 0 Å². The summed E-state index contributed by atoms with van der Waals surface area (Å²) >= 11 is 0.368. The van der Waals surface area contributed by atoms with Gasteiger partial charge in [-0.15, -0.1) is 0 Å². The third-order valence-electron chi connectivity index (χ3n) is 1.24. The number of likely N-dealkylation sites (N-methyl/N-ethyl adjacent to an activating group) is 1. The first-order chi connectivity index (χ1) is 3.89. The van der Waals surface area contributed by atoms with Gasteiger partial charge in [-0.25, -0.2) is 0 Å². The molecule has 0 saturated carbocycles. The van der Waals surface area contributed by atoms with Crippen molar-refractivity contribution in [3.05, 3.63) is 0 Å². The molecule has 0 aliphatic carbocycles. The second-order valence-corrected chi connectivity index (χ2v) is 4.61. The molecule has 0 aromatic rings. The summed E-state index contributed by atoms with van der Waals surface area (Å²) < 4.78 is 4.86. The molecule has 0 unspecified atom stereocenters. The average molecular weight is 227 g/mol. The van der Waals surface area contributed by atoms with E-state index < -0.39 is 0 Å². The van der Waals surface area contributed by atoms with E-state index in [1.54, 1.807) is 0 Å². The van der Waals surface area contributed by atoms with E-state index in [0.717, 1.165) is 0 Å². The second-order valence-electron chi connectivity index (χ2n) is 2.01. The molecule has 0 bridgehead atoms. The fourth-order valence-electron chi connectivity index (χ4n) is 0.665. The number of hydrogen-bond acceptors (Lipinski definition) is 2. The molecule has 0 amide bonds. The summed E-state index contributed by atoms with van der Waals surface area (Å²) in [5.74, 6) is 0. The van der Waals surface area contributed by atoms with Crippen molar-refractivity contribution < 1.29 is 21.5 Å². The molecule has 1 aliphatic rings. The fraction of sp³-hybridized carbons (Fsp3) is 1.00. The van der Waals surface area contributed by atoms with E-state index >= 15 is 0 Å². The molecule has 3 heteroatoms. The Morgan fingerprint density at radius 3 is 3.25 bits per heavy atom. The number of hydrogen-bond donors (Lipinski definition) is 1. The van der Waals surface area contributed by atoms with E-state index in [4.69, 9.17) is 0 Å². The van der Waals surface area contributed by atoms with Crippen LogP contribution in [0.2, 0.25) is 0 Å². The van der Waals surface area contributed by atoms with E-state index in [9.17, 15) is 0 Å². The van der Waals surface area contributed by atoms with Gasteiger partial charge in [0, 0.05) is 0 Å². The van der Waals surface area contributed by atoms with Crippen LogP contribution in [-0.2, 0) is 0 Å². The van der Waals surface area contributed by atoms with Gasteiger partial charge in [0.2, 0.25) is 0 Å². The van der Waals surface area contributed by atoms with Gasteiger partial charge < -0.3 is 0 Å². The van der Waals surface area contributed by atoms with Gasteiger partial charge in [-0.1, -0.05) is 0 Å². The Hall–Kier alpha value is 0.650. The van der Waals surface area contributed by atoms with Crippen LogP contribution in [0, 0.1) is 0 Å². The third kappa shape index (κ3) is 2.28. The Morgan fingerprint density at radius 2 is 2.38 bits per heavy atom. The Kier molecular flexibility index (Phi) is 3.07. The zero-order valence-corrected chi connectivity index (χ0v) is 7.31. The quantitative estimate of drug-likeness (QED) is 0.263. The SMILES string of the molecule is CN1CCN[I-]CC1. The molecule has 2 nitrogen and oxygen atoms in total. The van der Waals surface area contributed by atoms with Crippen LogP contribution in [0.1, 0.15) is 0 Å². The topological polar surface area (TPSA) is 15.3 Å². The van der Waals surface area contributed by atoms with Crippen molar-refractivity contribution in [3.8, 4) is 0 Å². The molecule has 0 spiro atoms. The molecule has 50 valence electrons. The van der Waals surface area contributed by atoms with Gasteiger partial charge in [-0.3, -0.25) is 0 Å². The first-order valence-electron chi connectivity index (χ1n) is 2.89. The molecule has 1 N–H and O–H groups in total. The van der Waals surface area contributed by atoms with Crippen molar-refractivity contribution in [3.63, 3.8) is 0 Å². The summed E-state index contributed by atoms with van der Waals surface area (Å²) in [4.78, 5) is 2.39. The van der Waals surface area contributed by atoms with Crippen LogP contribution < -0.4 is 25.0 Å². The molecule has 0 radical (unpaired) electrons. The minimum atomic E-state index is 0.368. The zero-order valence-electron chi connectivity index (χ0n) is 5.15. The molecule has 1 aliphatic heterocycles. The number of alkyl halides is 1. The monoisotopic (exact) mass is 227 g/mol. The van der Waals surface area contributed by atoms with Crippen molar-refractivity contribution in [1.82, 2.24) is 8.43 Å². The normalized spacial score (nSPS) is 26.1. The zero-order chi connectivity index (χ0) is 5.82. The molecule has 0 atom stereocenters. The molecule has 1 rings (SSSR count). The van der Waals surface area contributed by atoms with Crippen LogP contribution in [0.15, 0.2) is 0 Å². The first kappa shape index (κ1) is 6.77. The van der Waals surface area contributed by atoms with Gasteiger partial charge in [-0.05, 0) is 0 Å². The number of nitrogens with one attached hydrogen (secondary N) is 1. The molecular weight excluding hydrogens is 215 g/mol. The van der Waals surface area contributed by atoms with Crippen molar-refractivity contribution in [1.29, 1.82) is 0 Å². The molecular formula is C5H12IN2-. The summed E-state index contributed by atoms with van der Waals surface area (Å²) in [6, 6.07) is 0. The van der Waals surface area contributed by atoms with E-state index in [2.05, 4.69) is 15.5 Å². The number of nitrogens with zero attached hydrogens (tertiary/aromatic N) is 1. The van der Waals surface area contributed by atoms with Crippen LogP contribution in [0.3, 0.4) is 0 Å². The Labute approximate surface area is 61.2 Å². The molecule has 1 saturated heterocycles. The predicted molar refractivity (Wildman–Crippen MR) is 30.4 cm³/mol. The average Bonchev–Trinajstić information content (AvgIpc) is 1.94. The first-order valence-corrected chi connectivity index (χ1v) is 5.49. The predicted octanol–water partition coefficient (Wildman–Crippen LogP) is -3.47. The summed E-state index contributed by atoms with van der Waals surface area (Å²) in [6.45, 7) is 3.75. The Balaban J connectivity index is 2.17. The van der Waals surface area contributed by atoms with Crippen molar-refractivity contribution in [2.24, 2.45) is 0 Å². The van der Waals surface area contributed by atoms with Crippen molar-refractivity contribution in [2.45, 2.75) is 0 Å². The van der Waals surface area contributed by atoms with Gasteiger partial charge >= 0.3 is 61.0 Å². The maximum atomic E-state index is 3.45. The van der Waals surface area contributed by atoms with E-state index in [1.165, 1.54) is 24.1 Å².